The van der Waals surface area contributed by atoms with E-state index in [1.165, 1.54) is 13.0 Å². The fourth-order valence-corrected chi connectivity index (χ4v) is 2.56. The first-order valence-electron chi connectivity index (χ1n) is 6.09. The van der Waals surface area contributed by atoms with Crippen LogP contribution in [0, 0.1) is 0 Å². The molecule has 0 unspecified atom stereocenters. The maximum absolute atomic E-state index is 11.7. The van der Waals surface area contributed by atoms with Crippen LogP contribution in [0.25, 0.3) is 0 Å². The van der Waals surface area contributed by atoms with Crippen LogP contribution >= 0.6 is 0 Å². The fourth-order valence-electron chi connectivity index (χ4n) is 2.56. The molecule has 0 bridgehead atoms. The van der Waals surface area contributed by atoms with Gasteiger partial charge in [-0.15, -0.1) is 0 Å². The predicted octanol–water partition coefficient (Wildman–Crippen LogP) is 1.70. The van der Waals surface area contributed by atoms with E-state index in [2.05, 4.69) is 11.8 Å². The zero-order chi connectivity index (χ0) is 12.0. The lowest BCUT2D eigenvalue weighted by Gasteiger charge is -2.62. The molecule has 0 saturated carbocycles. The second-order valence-corrected chi connectivity index (χ2v) is 5.89. The summed E-state index contributed by atoms with van der Waals surface area (Å²) >= 11 is 0. The quantitative estimate of drug-likeness (QED) is 0.682. The minimum absolute atomic E-state index is 0.166. The molecule has 2 saturated heterocycles. The Bertz CT molecular complexity index is 288. The van der Waals surface area contributed by atoms with E-state index in [9.17, 15) is 4.79 Å². The van der Waals surface area contributed by atoms with Crippen molar-refractivity contribution in [3.8, 4) is 0 Å². The third kappa shape index (κ3) is 1.90. The van der Waals surface area contributed by atoms with E-state index in [-0.39, 0.29) is 11.7 Å². The molecule has 1 spiro atoms. The molecule has 0 atom stereocenters. The van der Waals surface area contributed by atoms with Crippen LogP contribution in [-0.4, -0.2) is 53.2 Å². The molecule has 0 radical (unpaired) electrons. The molecule has 0 N–H and O–H groups in total. The lowest BCUT2D eigenvalue weighted by Crippen LogP contribution is -2.77. The molecule has 4 nitrogen and oxygen atoms in total. The summed E-state index contributed by atoms with van der Waals surface area (Å²) in [6.45, 7) is 11.8. The number of likely N-dealkylation sites (N-methyl/N-ethyl adjacent to an activating group) is 1. The second-order valence-electron chi connectivity index (χ2n) is 5.89. The molecule has 0 aliphatic carbocycles. The van der Waals surface area contributed by atoms with Crippen molar-refractivity contribution in [2.75, 3.05) is 26.2 Å². The van der Waals surface area contributed by atoms with Crippen molar-refractivity contribution in [3.05, 3.63) is 0 Å². The third-order valence-electron chi connectivity index (χ3n) is 3.52. The highest BCUT2D eigenvalue weighted by Crippen LogP contribution is 2.39. The van der Waals surface area contributed by atoms with Gasteiger partial charge in [-0.2, -0.15) is 0 Å². The maximum Gasteiger partial charge on any atom is 0.410 e. The van der Waals surface area contributed by atoms with Gasteiger partial charge < -0.3 is 9.64 Å². The van der Waals surface area contributed by atoms with E-state index in [1.54, 1.807) is 0 Å². The molecular weight excluding hydrogens is 204 g/mol. The van der Waals surface area contributed by atoms with Crippen LogP contribution in [-0.2, 0) is 4.74 Å². The third-order valence-corrected chi connectivity index (χ3v) is 3.52. The fraction of sp³-hybridized carbons (Fsp3) is 0.917. The number of nitrogens with zero attached hydrogens (tertiary/aromatic N) is 2. The van der Waals surface area contributed by atoms with E-state index >= 15 is 0 Å². The van der Waals surface area contributed by atoms with Crippen molar-refractivity contribution in [3.63, 3.8) is 0 Å². The van der Waals surface area contributed by atoms with Gasteiger partial charge in [-0.1, -0.05) is 6.92 Å². The zero-order valence-corrected chi connectivity index (χ0v) is 10.7. The van der Waals surface area contributed by atoms with E-state index in [1.807, 2.05) is 25.7 Å². The summed E-state index contributed by atoms with van der Waals surface area (Å²) < 4.78 is 5.34. The summed E-state index contributed by atoms with van der Waals surface area (Å²) in [4.78, 5) is 16.0. The number of ether oxygens (including phenoxy) is 1. The summed E-state index contributed by atoms with van der Waals surface area (Å²) in [7, 11) is 0. The number of carbonyl (C=O) groups excluding carboxylic acids is 1. The number of hydrogen-bond donors (Lipinski definition) is 0. The molecule has 2 heterocycles. The molecular formula is C12H22N2O2. The Labute approximate surface area is 97.5 Å². The van der Waals surface area contributed by atoms with Gasteiger partial charge in [0.15, 0.2) is 0 Å². The van der Waals surface area contributed by atoms with Crippen molar-refractivity contribution < 1.29 is 9.53 Å². The van der Waals surface area contributed by atoms with Crippen molar-refractivity contribution in [1.29, 1.82) is 0 Å². The van der Waals surface area contributed by atoms with Gasteiger partial charge >= 0.3 is 6.09 Å². The van der Waals surface area contributed by atoms with Gasteiger partial charge in [-0.3, -0.25) is 4.90 Å². The first-order valence-corrected chi connectivity index (χ1v) is 6.09. The van der Waals surface area contributed by atoms with Gasteiger partial charge in [-0.05, 0) is 33.7 Å². The normalized spacial score (nSPS) is 23.9. The van der Waals surface area contributed by atoms with E-state index < -0.39 is 0 Å². The molecule has 2 aliphatic heterocycles. The van der Waals surface area contributed by atoms with E-state index in [4.69, 9.17) is 4.74 Å². The Kier molecular flexibility index (Phi) is 2.65. The van der Waals surface area contributed by atoms with E-state index in [0.29, 0.717) is 5.54 Å². The van der Waals surface area contributed by atoms with Crippen LogP contribution < -0.4 is 0 Å². The first-order chi connectivity index (χ1) is 7.36. The summed E-state index contributed by atoms with van der Waals surface area (Å²) in [5.41, 5.74) is -0.0878. The molecule has 4 heteroatoms. The number of likely N-dealkylation sites (tertiary alicyclic amines) is 2. The zero-order valence-electron chi connectivity index (χ0n) is 10.7. The minimum atomic E-state index is -0.385. The molecule has 16 heavy (non-hydrogen) atoms. The van der Waals surface area contributed by atoms with Crippen molar-refractivity contribution in [2.24, 2.45) is 0 Å². The van der Waals surface area contributed by atoms with Crippen molar-refractivity contribution >= 4 is 6.09 Å². The van der Waals surface area contributed by atoms with Gasteiger partial charge in [0.1, 0.15) is 5.60 Å². The Morgan fingerprint density at radius 2 is 2.00 bits per heavy atom. The SMILES string of the molecule is CCN1CCC12CN(C(=O)OC(C)(C)C)C2. The summed E-state index contributed by atoms with van der Waals surface area (Å²) in [5.74, 6) is 0. The molecule has 0 aromatic carbocycles. The van der Waals surface area contributed by atoms with Gasteiger partial charge in [0.25, 0.3) is 0 Å². The lowest BCUT2D eigenvalue weighted by molar-refractivity contribution is -0.117. The average Bonchev–Trinajstić information content (AvgIpc) is 1.96. The standard InChI is InChI=1S/C12H22N2O2/c1-5-14-7-6-12(14)8-13(9-12)10(15)16-11(2,3)4/h5-9H2,1-4H3. The lowest BCUT2D eigenvalue weighted by atomic mass is 9.78. The number of carbonyl (C=O) groups is 1. The molecule has 2 rings (SSSR count). The highest BCUT2D eigenvalue weighted by atomic mass is 16.6. The van der Waals surface area contributed by atoms with Crippen LogP contribution in [0.2, 0.25) is 0 Å². The highest BCUT2D eigenvalue weighted by Gasteiger charge is 2.54. The molecule has 2 aliphatic rings. The topological polar surface area (TPSA) is 32.8 Å². The second kappa shape index (κ2) is 3.62. The van der Waals surface area contributed by atoms with Gasteiger partial charge in [0.2, 0.25) is 0 Å². The minimum Gasteiger partial charge on any atom is -0.444 e. The number of hydrogen-bond acceptors (Lipinski definition) is 3. The summed E-state index contributed by atoms with van der Waals surface area (Å²) in [6.07, 6.45) is 1.06. The van der Waals surface area contributed by atoms with Crippen molar-refractivity contribution in [1.82, 2.24) is 9.80 Å². The largest absolute Gasteiger partial charge is 0.444 e. The Hall–Kier alpha value is -0.770. The van der Waals surface area contributed by atoms with Crippen LogP contribution in [0.5, 0.6) is 0 Å². The van der Waals surface area contributed by atoms with Crippen LogP contribution in [0.15, 0.2) is 0 Å². The van der Waals surface area contributed by atoms with E-state index in [0.717, 1.165) is 19.6 Å². The summed E-state index contributed by atoms with van der Waals surface area (Å²) in [6, 6.07) is 0. The highest BCUT2D eigenvalue weighted by molar-refractivity contribution is 5.70. The Morgan fingerprint density at radius 1 is 1.38 bits per heavy atom. The van der Waals surface area contributed by atoms with Crippen molar-refractivity contribution in [2.45, 2.75) is 45.3 Å². The number of amides is 1. The first kappa shape index (κ1) is 11.7. The van der Waals surface area contributed by atoms with Gasteiger partial charge in [0, 0.05) is 19.6 Å². The Morgan fingerprint density at radius 3 is 2.38 bits per heavy atom. The summed E-state index contributed by atoms with van der Waals surface area (Å²) in [5, 5.41) is 0. The molecule has 1 amide bonds. The molecule has 0 aromatic rings. The predicted molar refractivity (Wildman–Crippen MR) is 62.4 cm³/mol. The smallest absolute Gasteiger partial charge is 0.410 e. The van der Waals surface area contributed by atoms with Gasteiger partial charge in [0.05, 0.1) is 5.54 Å². The van der Waals surface area contributed by atoms with Gasteiger partial charge in [-0.25, -0.2) is 4.79 Å². The molecule has 2 fully saturated rings. The molecule has 0 aromatic heterocycles. The van der Waals surface area contributed by atoms with Crippen LogP contribution in [0.4, 0.5) is 4.79 Å². The average molecular weight is 226 g/mol. The van der Waals surface area contributed by atoms with Crippen LogP contribution in [0.1, 0.15) is 34.1 Å². The van der Waals surface area contributed by atoms with Crippen LogP contribution in [0.3, 0.4) is 0 Å². The monoisotopic (exact) mass is 226 g/mol. The molecule has 92 valence electrons. The Balaban J connectivity index is 1.82. The number of rotatable bonds is 1. The maximum atomic E-state index is 11.7.